The zero-order valence-corrected chi connectivity index (χ0v) is 12.3. The van der Waals surface area contributed by atoms with E-state index in [4.69, 9.17) is 34.8 Å². The fourth-order valence-electron chi connectivity index (χ4n) is 2.16. The Kier molecular flexibility index (Phi) is 3.66. The maximum absolute atomic E-state index is 6.27. The van der Waals surface area contributed by atoms with Gasteiger partial charge in [0.1, 0.15) is 16.1 Å². The van der Waals surface area contributed by atoms with Crippen molar-refractivity contribution in [2.45, 2.75) is 25.2 Å². The van der Waals surface area contributed by atoms with E-state index in [1.165, 1.54) is 6.42 Å². The van der Waals surface area contributed by atoms with Crippen molar-refractivity contribution in [1.29, 1.82) is 0 Å². The molecule has 1 aromatic carbocycles. The lowest BCUT2D eigenvalue weighted by Crippen LogP contribution is -2.13. The van der Waals surface area contributed by atoms with Crippen LogP contribution in [0.1, 0.15) is 31.0 Å². The Morgan fingerprint density at radius 1 is 0.947 bits per heavy atom. The van der Waals surface area contributed by atoms with Gasteiger partial charge in [0.05, 0.1) is 5.56 Å². The molecule has 3 rings (SSSR count). The number of aromatic nitrogens is 2. The van der Waals surface area contributed by atoms with Crippen molar-refractivity contribution in [3.8, 4) is 11.1 Å². The Bertz CT molecular complexity index is 601. The molecule has 0 unspecified atom stereocenters. The molecule has 0 spiro atoms. The highest BCUT2D eigenvalue weighted by atomic mass is 35.5. The van der Waals surface area contributed by atoms with Crippen LogP contribution in [0.5, 0.6) is 0 Å². The second-order valence-corrected chi connectivity index (χ2v) is 5.77. The Morgan fingerprint density at radius 3 is 2.11 bits per heavy atom. The van der Waals surface area contributed by atoms with Crippen LogP contribution in [0.2, 0.25) is 15.3 Å². The predicted octanol–water partition coefficient (Wildman–Crippen LogP) is 5.37. The van der Waals surface area contributed by atoms with E-state index in [0.717, 1.165) is 24.2 Å². The van der Waals surface area contributed by atoms with Crippen molar-refractivity contribution in [2.75, 3.05) is 0 Å². The van der Waals surface area contributed by atoms with Gasteiger partial charge in [0.2, 0.25) is 0 Å². The molecule has 5 heteroatoms. The van der Waals surface area contributed by atoms with E-state index in [1.807, 2.05) is 18.2 Å². The van der Waals surface area contributed by atoms with Gasteiger partial charge in [0.25, 0.3) is 0 Å². The monoisotopic (exact) mass is 312 g/mol. The lowest BCUT2D eigenvalue weighted by Gasteiger charge is -2.24. The number of halogens is 3. The molecule has 1 saturated carbocycles. The summed E-state index contributed by atoms with van der Waals surface area (Å²) in [5.41, 5.74) is 1.37. The highest BCUT2D eigenvalue weighted by Gasteiger charge is 2.25. The molecule has 2 nitrogen and oxygen atoms in total. The lowest BCUT2D eigenvalue weighted by molar-refractivity contribution is 0.401. The highest BCUT2D eigenvalue weighted by Crippen LogP contribution is 2.40. The quantitative estimate of drug-likeness (QED) is 0.696. The van der Waals surface area contributed by atoms with Crippen molar-refractivity contribution in [2.24, 2.45) is 0 Å². The van der Waals surface area contributed by atoms with E-state index in [1.54, 1.807) is 6.07 Å². The summed E-state index contributed by atoms with van der Waals surface area (Å²) < 4.78 is 0. The van der Waals surface area contributed by atoms with E-state index in [0.29, 0.717) is 26.8 Å². The van der Waals surface area contributed by atoms with E-state index in [2.05, 4.69) is 9.97 Å². The predicted molar refractivity (Wildman–Crippen MR) is 79.1 cm³/mol. The second-order valence-electron chi connectivity index (χ2n) is 4.65. The van der Waals surface area contributed by atoms with Crippen molar-refractivity contribution >= 4 is 34.8 Å². The van der Waals surface area contributed by atoms with Gasteiger partial charge in [-0.1, -0.05) is 59.4 Å². The fraction of sp³-hybridized carbons (Fsp3) is 0.286. The third-order valence-corrected chi connectivity index (χ3v) is 4.33. The molecule has 1 aliphatic carbocycles. The van der Waals surface area contributed by atoms with E-state index in [-0.39, 0.29) is 0 Å². The van der Waals surface area contributed by atoms with Crippen LogP contribution in [-0.4, -0.2) is 9.97 Å². The van der Waals surface area contributed by atoms with Gasteiger partial charge >= 0.3 is 0 Å². The van der Waals surface area contributed by atoms with Crippen molar-refractivity contribution in [3.05, 3.63) is 45.4 Å². The van der Waals surface area contributed by atoms with Crippen LogP contribution >= 0.6 is 34.8 Å². The van der Waals surface area contributed by atoms with Gasteiger partial charge < -0.3 is 0 Å². The van der Waals surface area contributed by atoms with E-state index < -0.39 is 0 Å². The Hall–Kier alpha value is -0.830. The molecule has 1 heterocycles. The highest BCUT2D eigenvalue weighted by molar-refractivity contribution is 6.40. The van der Waals surface area contributed by atoms with Gasteiger partial charge in [-0.3, -0.25) is 0 Å². The topological polar surface area (TPSA) is 25.8 Å². The summed E-state index contributed by atoms with van der Waals surface area (Å²) in [6.07, 6.45) is 3.44. The molecule has 2 aromatic rings. The van der Waals surface area contributed by atoms with Crippen LogP contribution in [0.15, 0.2) is 24.3 Å². The van der Waals surface area contributed by atoms with Gasteiger partial charge in [-0.05, 0) is 18.9 Å². The van der Waals surface area contributed by atoms with Gasteiger partial charge in [0, 0.05) is 16.5 Å². The molecule has 0 amide bonds. The number of hydrogen-bond donors (Lipinski definition) is 0. The first-order chi connectivity index (χ1) is 9.16. The van der Waals surface area contributed by atoms with E-state index >= 15 is 0 Å². The SMILES string of the molecule is Clc1ccccc1-c1c(Cl)nc(C2CCC2)nc1Cl. The maximum Gasteiger partial charge on any atom is 0.142 e. The number of rotatable bonds is 2. The Morgan fingerprint density at radius 2 is 1.58 bits per heavy atom. The van der Waals surface area contributed by atoms with Gasteiger partial charge in [-0.15, -0.1) is 0 Å². The van der Waals surface area contributed by atoms with Crippen LogP contribution in [0.25, 0.3) is 11.1 Å². The summed E-state index contributed by atoms with van der Waals surface area (Å²) in [6.45, 7) is 0. The van der Waals surface area contributed by atoms with Crippen LogP contribution in [0.4, 0.5) is 0 Å². The zero-order chi connectivity index (χ0) is 13.4. The van der Waals surface area contributed by atoms with Crippen LogP contribution in [-0.2, 0) is 0 Å². The molecular formula is C14H11Cl3N2. The summed E-state index contributed by atoms with van der Waals surface area (Å²) in [5.74, 6) is 1.15. The van der Waals surface area contributed by atoms with Gasteiger partial charge in [0.15, 0.2) is 0 Å². The minimum absolute atomic E-state index is 0.370. The molecule has 1 aromatic heterocycles. The van der Waals surface area contributed by atoms with Crippen LogP contribution in [0, 0.1) is 0 Å². The second kappa shape index (κ2) is 5.28. The molecule has 0 N–H and O–H groups in total. The third kappa shape index (κ3) is 2.45. The first kappa shape index (κ1) is 13.2. The van der Waals surface area contributed by atoms with E-state index in [9.17, 15) is 0 Å². The molecule has 0 saturated heterocycles. The maximum atomic E-state index is 6.27. The summed E-state index contributed by atoms with van der Waals surface area (Å²) in [7, 11) is 0. The smallest absolute Gasteiger partial charge is 0.142 e. The largest absolute Gasteiger partial charge is 0.220 e. The van der Waals surface area contributed by atoms with Crippen LogP contribution in [0.3, 0.4) is 0 Å². The van der Waals surface area contributed by atoms with Gasteiger partial charge in [-0.25, -0.2) is 9.97 Å². The third-order valence-electron chi connectivity index (χ3n) is 3.45. The summed E-state index contributed by atoms with van der Waals surface area (Å²) >= 11 is 18.7. The lowest BCUT2D eigenvalue weighted by atomic mass is 9.85. The molecule has 19 heavy (non-hydrogen) atoms. The summed E-state index contributed by atoms with van der Waals surface area (Å²) in [4.78, 5) is 8.77. The molecule has 0 atom stereocenters. The number of nitrogens with zero attached hydrogens (tertiary/aromatic N) is 2. The summed E-state index contributed by atoms with van der Waals surface area (Å²) in [6, 6.07) is 7.40. The molecule has 1 fully saturated rings. The molecule has 0 bridgehead atoms. The minimum atomic E-state index is 0.370. The Labute approximate surface area is 126 Å². The molecular weight excluding hydrogens is 303 g/mol. The average Bonchev–Trinajstić information content (AvgIpc) is 2.28. The fourth-order valence-corrected chi connectivity index (χ4v) is 2.99. The van der Waals surface area contributed by atoms with Gasteiger partial charge in [-0.2, -0.15) is 0 Å². The van der Waals surface area contributed by atoms with Crippen LogP contribution < -0.4 is 0 Å². The molecule has 0 aliphatic heterocycles. The van der Waals surface area contributed by atoms with Crippen molar-refractivity contribution in [1.82, 2.24) is 9.97 Å². The molecule has 0 radical (unpaired) electrons. The average molecular weight is 314 g/mol. The number of benzene rings is 1. The molecule has 1 aliphatic rings. The summed E-state index contributed by atoms with van der Waals surface area (Å²) in [5, 5.41) is 1.33. The Balaban J connectivity index is 2.10. The zero-order valence-electron chi connectivity index (χ0n) is 10.0. The first-order valence-electron chi connectivity index (χ1n) is 6.14. The minimum Gasteiger partial charge on any atom is -0.220 e. The normalized spacial score (nSPS) is 15.3. The van der Waals surface area contributed by atoms with Crippen molar-refractivity contribution in [3.63, 3.8) is 0 Å². The standard InChI is InChI=1S/C14H11Cl3N2/c15-10-7-2-1-6-9(10)11-12(16)18-14(19-13(11)17)8-4-3-5-8/h1-2,6-8H,3-5H2. The number of hydrogen-bond acceptors (Lipinski definition) is 2. The molecule has 98 valence electrons. The first-order valence-corrected chi connectivity index (χ1v) is 7.28. The van der Waals surface area contributed by atoms with Crippen molar-refractivity contribution < 1.29 is 0 Å².